The fourth-order valence-electron chi connectivity index (χ4n) is 2.92. The first-order valence-electron chi connectivity index (χ1n) is 8.14. The summed E-state index contributed by atoms with van der Waals surface area (Å²) in [6.45, 7) is 3.97. The van der Waals surface area contributed by atoms with Crippen LogP contribution in [0.5, 0.6) is 0 Å². The molecule has 0 heterocycles. The third-order valence-corrected chi connectivity index (χ3v) is 4.40. The normalized spacial score (nSPS) is 12.2. The van der Waals surface area contributed by atoms with Crippen molar-refractivity contribution >= 4 is 0 Å². The fourth-order valence-corrected chi connectivity index (χ4v) is 2.92. The number of hydrogen-bond donors (Lipinski definition) is 0. The number of halogens is 2. The van der Waals surface area contributed by atoms with Gasteiger partial charge in [-0.3, -0.25) is 0 Å². The Morgan fingerprint density at radius 3 is 1.96 bits per heavy atom. The van der Waals surface area contributed by atoms with Crippen LogP contribution in [0.1, 0.15) is 29.5 Å². The van der Waals surface area contributed by atoms with Crippen LogP contribution in [0.2, 0.25) is 0 Å². The smallest absolute Gasteiger partial charge is 0.129 e. The van der Waals surface area contributed by atoms with Crippen LogP contribution in [0.15, 0.2) is 66.7 Å². The van der Waals surface area contributed by atoms with Gasteiger partial charge >= 0.3 is 0 Å². The topological polar surface area (TPSA) is 0 Å². The lowest BCUT2D eigenvalue weighted by atomic mass is 9.92. The Morgan fingerprint density at radius 2 is 1.38 bits per heavy atom. The average molecular weight is 322 g/mol. The zero-order valence-electron chi connectivity index (χ0n) is 13.9. The largest absolute Gasteiger partial charge is 0.207 e. The molecule has 0 amide bonds. The molecule has 0 aromatic heterocycles. The third kappa shape index (κ3) is 3.53. The lowest BCUT2D eigenvalue weighted by Gasteiger charge is -2.14. The quantitative estimate of drug-likeness (QED) is 0.530. The van der Waals surface area contributed by atoms with Gasteiger partial charge in [0.2, 0.25) is 0 Å². The molecule has 24 heavy (non-hydrogen) atoms. The number of rotatable bonds is 4. The van der Waals surface area contributed by atoms with Crippen molar-refractivity contribution in [2.24, 2.45) is 0 Å². The highest BCUT2D eigenvalue weighted by Gasteiger charge is 2.16. The maximum absolute atomic E-state index is 14.5. The maximum Gasteiger partial charge on any atom is 0.129 e. The van der Waals surface area contributed by atoms with Crippen LogP contribution in [-0.4, -0.2) is 0 Å². The molecule has 0 radical (unpaired) electrons. The van der Waals surface area contributed by atoms with Crippen LogP contribution in [0.25, 0.3) is 11.1 Å². The molecule has 3 aromatic carbocycles. The predicted molar refractivity (Wildman–Crippen MR) is 95.1 cm³/mol. The van der Waals surface area contributed by atoms with Crippen molar-refractivity contribution in [2.75, 3.05) is 0 Å². The Morgan fingerprint density at radius 1 is 0.792 bits per heavy atom. The number of hydrogen-bond acceptors (Lipinski definition) is 0. The van der Waals surface area contributed by atoms with Gasteiger partial charge in [-0.2, -0.15) is 0 Å². The van der Waals surface area contributed by atoms with Crippen molar-refractivity contribution in [3.63, 3.8) is 0 Å². The first-order chi connectivity index (χ1) is 11.5. The van der Waals surface area contributed by atoms with Crippen molar-refractivity contribution in [1.82, 2.24) is 0 Å². The minimum Gasteiger partial charge on any atom is -0.207 e. The van der Waals surface area contributed by atoms with Crippen LogP contribution in [0.3, 0.4) is 0 Å². The Hall–Kier alpha value is -2.48. The molecule has 2 heteroatoms. The summed E-state index contributed by atoms with van der Waals surface area (Å²) >= 11 is 0. The highest BCUT2D eigenvalue weighted by Crippen LogP contribution is 2.28. The van der Waals surface area contributed by atoms with Gasteiger partial charge in [-0.15, -0.1) is 0 Å². The molecule has 0 fully saturated rings. The monoisotopic (exact) mass is 322 g/mol. The van der Waals surface area contributed by atoms with E-state index in [2.05, 4.69) is 0 Å². The molecule has 0 saturated carbocycles. The predicted octanol–water partition coefficient (Wildman–Crippen LogP) is 6.29. The van der Waals surface area contributed by atoms with Crippen LogP contribution in [0, 0.1) is 18.6 Å². The van der Waals surface area contributed by atoms with Crippen LogP contribution in [-0.2, 0) is 6.42 Å². The van der Waals surface area contributed by atoms with Crippen molar-refractivity contribution in [3.8, 4) is 11.1 Å². The summed E-state index contributed by atoms with van der Waals surface area (Å²) in [5.74, 6) is -0.901. The van der Waals surface area contributed by atoms with Gasteiger partial charge in [0.1, 0.15) is 11.6 Å². The molecule has 0 unspecified atom stereocenters. The van der Waals surface area contributed by atoms with Gasteiger partial charge in [-0.25, -0.2) is 8.78 Å². The summed E-state index contributed by atoms with van der Waals surface area (Å²) in [5.41, 5.74) is 3.75. The van der Waals surface area contributed by atoms with Gasteiger partial charge in [0.15, 0.2) is 0 Å². The molecule has 122 valence electrons. The Labute approximate surface area is 141 Å². The van der Waals surface area contributed by atoms with E-state index in [1.165, 1.54) is 12.1 Å². The van der Waals surface area contributed by atoms with Crippen molar-refractivity contribution in [3.05, 3.63) is 95.1 Å². The molecule has 3 rings (SSSR count). The molecule has 1 atom stereocenters. The number of benzene rings is 3. The van der Waals surface area contributed by atoms with E-state index in [1.54, 1.807) is 0 Å². The molecule has 0 bridgehead atoms. The highest BCUT2D eigenvalue weighted by atomic mass is 19.1. The second-order valence-corrected chi connectivity index (χ2v) is 6.30. The van der Waals surface area contributed by atoms with Crippen LogP contribution in [0.4, 0.5) is 8.78 Å². The van der Waals surface area contributed by atoms with E-state index in [9.17, 15) is 8.78 Å². The zero-order valence-corrected chi connectivity index (χ0v) is 13.9. The van der Waals surface area contributed by atoms with E-state index in [1.807, 2.05) is 68.4 Å². The van der Waals surface area contributed by atoms with E-state index < -0.39 is 11.6 Å². The van der Waals surface area contributed by atoms with Crippen LogP contribution < -0.4 is 0 Å². The summed E-state index contributed by atoms with van der Waals surface area (Å²) in [4.78, 5) is 0. The molecule has 3 aromatic rings. The minimum atomic E-state index is -0.478. The fraction of sp³-hybridized carbons (Fsp3) is 0.182. The maximum atomic E-state index is 14.5. The molecule has 0 spiro atoms. The molecule has 0 nitrogen and oxygen atoms in total. The summed E-state index contributed by atoms with van der Waals surface area (Å²) in [5, 5.41) is 0. The molecular formula is C22H20F2. The van der Waals surface area contributed by atoms with Gasteiger partial charge in [0, 0.05) is 5.56 Å². The van der Waals surface area contributed by atoms with Crippen LogP contribution >= 0.6 is 0 Å². The molecule has 0 aliphatic carbocycles. The second-order valence-electron chi connectivity index (χ2n) is 6.30. The Kier molecular flexibility index (Phi) is 4.75. The Bertz CT molecular complexity index is 797. The van der Waals surface area contributed by atoms with Crippen molar-refractivity contribution in [2.45, 2.75) is 26.2 Å². The van der Waals surface area contributed by atoms with Gasteiger partial charge in [-0.1, -0.05) is 67.1 Å². The highest BCUT2D eigenvalue weighted by molar-refractivity contribution is 5.64. The lowest BCUT2D eigenvalue weighted by Crippen LogP contribution is -2.04. The summed E-state index contributed by atoms with van der Waals surface area (Å²) < 4.78 is 29.0. The lowest BCUT2D eigenvalue weighted by molar-refractivity contribution is 0.544. The van der Waals surface area contributed by atoms with Gasteiger partial charge in [0.05, 0.1) is 0 Å². The second kappa shape index (κ2) is 6.96. The van der Waals surface area contributed by atoms with E-state index in [4.69, 9.17) is 0 Å². The standard InChI is InChI=1S/C22H20F2/c1-15-8-10-18(11-9-15)19-13-21(23)20(22(24)14-19)12-16(2)17-6-4-3-5-7-17/h3-11,13-14,16H,12H2,1-2H3/t16-/m0/s1. The summed E-state index contributed by atoms with van der Waals surface area (Å²) in [6, 6.07) is 20.3. The summed E-state index contributed by atoms with van der Waals surface area (Å²) in [6.07, 6.45) is 0.343. The zero-order chi connectivity index (χ0) is 17.1. The molecule has 0 N–H and O–H groups in total. The van der Waals surface area contributed by atoms with E-state index >= 15 is 0 Å². The molecule has 0 aliphatic heterocycles. The molecule has 0 aliphatic rings. The Balaban J connectivity index is 1.89. The number of aryl methyl sites for hydroxylation is 1. The third-order valence-electron chi connectivity index (χ3n) is 4.40. The first-order valence-corrected chi connectivity index (χ1v) is 8.14. The SMILES string of the molecule is Cc1ccc(-c2cc(F)c(C[C@H](C)c3ccccc3)c(F)c2)cc1. The van der Waals surface area contributed by atoms with Gasteiger partial charge in [0.25, 0.3) is 0 Å². The van der Waals surface area contributed by atoms with Gasteiger partial charge in [-0.05, 0) is 48.1 Å². The minimum absolute atomic E-state index is 0.0559. The molecule has 0 saturated heterocycles. The molecular weight excluding hydrogens is 302 g/mol. The van der Waals surface area contributed by atoms with Crippen molar-refractivity contribution in [1.29, 1.82) is 0 Å². The van der Waals surface area contributed by atoms with Crippen molar-refractivity contribution < 1.29 is 8.78 Å². The van der Waals surface area contributed by atoms with E-state index in [0.717, 1.165) is 16.7 Å². The van der Waals surface area contributed by atoms with E-state index in [0.29, 0.717) is 12.0 Å². The summed E-state index contributed by atoms with van der Waals surface area (Å²) in [7, 11) is 0. The van der Waals surface area contributed by atoms with Gasteiger partial charge < -0.3 is 0 Å². The van der Waals surface area contributed by atoms with E-state index in [-0.39, 0.29) is 11.5 Å². The first kappa shape index (κ1) is 16.4. The average Bonchev–Trinajstić information content (AvgIpc) is 2.59.